The molecule has 9 nitrogen and oxygen atoms in total. The number of nitrogens with zero attached hydrogens (tertiary/aromatic N) is 4. The molecule has 1 saturated carbocycles. The largest absolute Gasteiger partial charge is 0.507 e. The molecule has 0 saturated heterocycles. The Balaban J connectivity index is 1.22. The fourth-order valence-corrected chi connectivity index (χ4v) is 5.51. The molecule has 2 aromatic heterocycles. The van der Waals surface area contributed by atoms with E-state index in [0.29, 0.717) is 38.0 Å². The quantitative estimate of drug-likeness (QED) is 0.190. The first-order chi connectivity index (χ1) is 20.4. The van der Waals surface area contributed by atoms with Crippen LogP contribution in [0.4, 0.5) is 10.5 Å². The molecule has 3 N–H and O–H groups in total. The molecule has 0 atom stereocenters. The minimum Gasteiger partial charge on any atom is -0.507 e. The molecule has 0 bridgehead atoms. The lowest BCUT2D eigenvalue weighted by molar-refractivity contribution is 0.102. The van der Waals surface area contributed by atoms with Gasteiger partial charge in [0.2, 0.25) is 0 Å². The number of aromatic hydroxyl groups is 1. The second-order valence-corrected chi connectivity index (χ2v) is 11.0. The summed E-state index contributed by atoms with van der Waals surface area (Å²) in [7, 11) is 0. The molecule has 0 spiro atoms. The van der Waals surface area contributed by atoms with Crippen LogP contribution in [0.15, 0.2) is 72.9 Å². The van der Waals surface area contributed by atoms with E-state index in [0.717, 1.165) is 36.9 Å². The fraction of sp³-hybridized carbons (Fsp3) is 0.194. The van der Waals surface area contributed by atoms with Crippen LogP contribution in [0.1, 0.15) is 53.3 Å². The van der Waals surface area contributed by atoms with Gasteiger partial charge in [0.1, 0.15) is 11.4 Å². The van der Waals surface area contributed by atoms with Gasteiger partial charge in [-0.1, -0.05) is 54.2 Å². The number of hydrogen-bond acceptors (Lipinski definition) is 6. The maximum absolute atomic E-state index is 13.3. The van der Waals surface area contributed by atoms with E-state index in [1.54, 1.807) is 36.4 Å². The number of halogens is 2. The van der Waals surface area contributed by atoms with Gasteiger partial charge in [-0.25, -0.2) is 9.78 Å². The minimum atomic E-state index is -0.452. The number of rotatable bonds is 6. The normalized spacial score (nSPS) is 13.4. The van der Waals surface area contributed by atoms with Crippen LogP contribution in [0.25, 0.3) is 22.3 Å². The van der Waals surface area contributed by atoms with Crippen molar-refractivity contribution in [3.05, 3.63) is 99.9 Å². The van der Waals surface area contributed by atoms with E-state index in [1.807, 2.05) is 24.3 Å². The molecule has 3 aromatic carbocycles. The lowest BCUT2D eigenvalue weighted by Gasteiger charge is -2.12. The molecule has 1 aliphatic rings. The fourth-order valence-electron chi connectivity index (χ4n) is 5.19. The van der Waals surface area contributed by atoms with Gasteiger partial charge in [0.25, 0.3) is 5.91 Å². The number of benzene rings is 3. The maximum atomic E-state index is 13.3. The van der Waals surface area contributed by atoms with Gasteiger partial charge >= 0.3 is 6.03 Å². The summed E-state index contributed by atoms with van der Waals surface area (Å²) >= 11 is 12.1. The van der Waals surface area contributed by atoms with Crippen molar-refractivity contribution >= 4 is 51.9 Å². The third-order valence-corrected chi connectivity index (χ3v) is 8.08. The Morgan fingerprint density at radius 3 is 2.50 bits per heavy atom. The lowest BCUT2D eigenvalue weighted by Crippen LogP contribution is -2.30. The number of phenolic OH excluding ortho intramolecular Hbond substituents is 1. The average Bonchev–Trinajstić information content (AvgIpc) is 3.68. The van der Waals surface area contributed by atoms with Crippen LogP contribution in [0.5, 0.6) is 5.75 Å². The molecular weight excluding hydrogens is 575 g/mol. The summed E-state index contributed by atoms with van der Waals surface area (Å²) in [5.74, 6) is -0.353. The average molecular weight is 601 g/mol. The number of hydrogen-bond donors (Lipinski definition) is 3. The van der Waals surface area contributed by atoms with Crippen LogP contribution in [-0.2, 0) is 6.54 Å². The van der Waals surface area contributed by atoms with Gasteiger partial charge < -0.3 is 15.7 Å². The number of para-hydroxylation sites is 2. The van der Waals surface area contributed by atoms with Gasteiger partial charge in [-0.3, -0.25) is 9.78 Å². The second-order valence-electron chi connectivity index (χ2n) is 10.2. The summed E-state index contributed by atoms with van der Waals surface area (Å²) in [4.78, 5) is 34.8. The number of carbonyl (C=O) groups is 2. The molecule has 42 heavy (non-hydrogen) atoms. The molecular formula is C31H26Cl2N6O3. The van der Waals surface area contributed by atoms with E-state index in [9.17, 15) is 14.7 Å². The summed E-state index contributed by atoms with van der Waals surface area (Å²) in [6.45, 7) is 0.246. The van der Waals surface area contributed by atoms with Crippen molar-refractivity contribution in [3.8, 4) is 17.0 Å². The molecule has 1 aliphatic carbocycles. The van der Waals surface area contributed by atoms with E-state index in [1.165, 1.54) is 16.9 Å². The summed E-state index contributed by atoms with van der Waals surface area (Å²) in [5, 5.41) is 22.0. The Kier molecular flexibility index (Phi) is 7.78. The molecule has 1 fully saturated rings. The van der Waals surface area contributed by atoms with Crippen LogP contribution in [-0.4, -0.2) is 36.8 Å². The monoisotopic (exact) mass is 600 g/mol. The Labute approximate surface area is 251 Å². The van der Waals surface area contributed by atoms with Crippen LogP contribution in [0.2, 0.25) is 10.0 Å². The zero-order valence-corrected chi connectivity index (χ0v) is 23.9. The highest BCUT2D eigenvalue weighted by molar-refractivity contribution is 6.42. The first-order valence-corrected chi connectivity index (χ1v) is 14.3. The Hall–Kier alpha value is -4.47. The maximum Gasteiger partial charge on any atom is 0.342 e. The number of amides is 2. The van der Waals surface area contributed by atoms with Crippen molar-refractivity contribution in [2.75, 3.05) is 5.32 Å². The van der Waals surface area contributed by atoms with E-state index >= 15 is 0 Å². The van der Waals surface area contributed by atoms with Crippen molar-refractivity contribution in [1.29, 1.82) is 0 Å². The summed E-state index contributed by atoms with van der Waals surface area (Å²) in [5.41, 5.74) is 4.33. The Morgan fingerprint density at radius 1 is 0.952 bits per heavy atom. The van der Waals surface area contributed by atoms with Gasteiger partial charge in [-0.2, -0.15) is 9.78 Å². The topological polar surface area (TPSA) is 122 Å². The smallest absolute Gasteiger partial charge is 0.342 e. The van der Waals surface area contributed by atoms with Crippen molar-refractivity contribution in [3.63, 3.8) is 0 Å². The van der Waals surface area contributed by atoms with Crippen LogP contribution in [0.3, 0.4) is 0 Å². The zero-order chi connectivity index (χ0) is 29.2. The van der Waals surface area contributed by atoms with E-state index in [-0.39, 0.29) is 29.9 Å². The highest BCUT2D eigenvalue weighted by atomic mass is 35.5. The predicted octanol–water partition coefficient (Wildman–Crippen LogP) is 7.17. The third-order valence-electron chi connectivity index (χ3n) is 7.34. The number of aromatic nitrogens is 4. The van der Waals surface area contributed by atoms with Crippen molar-refractivity contribution < 1.29 is 14.7 Å². The van der Waals surface area contributed by atoms with Gasteiger partial charge in [0.05, 0.1) is 38.7 Å². The Bertz CT molecular complexity index is 1820. The summed E-state index contributed by atoms with van der Waals surface area (Å²) in [6.07, 6.45) is 5.49. The molecule has 2 heterocycles. The number of nitrogens with one attached hydrogen (secondary N) is 2. The van der Waals surface area contributed by atoms with Crippen molar-refractivity contribution in [1.82, 2.24) is 25.1 Å². The molecule has 0 radical (unpaired) electrons. The number of carbonyl (C=O) groups excluding carboxylic acids is 2. The van der Waals surface area contributed by atoms with Crippen molar-refractivity contribution in [2.24, 2.45) is 0 Å². The van der Waals surface area contributed by atoms with Crippen LogP contribution < -0.4 is 10.6 Å². The molecule has 11 heteroatoms. The zero-order valence-electron chi connectivity index (χ0n) is 22.3. The summed E-state index contributed by atoms with van der Waals surface area (Å²) in [6, 6.07) is 18.7. The van der Waals surface area contributed by atoms with Gasteiger partial charge in [0.15, 0.2) is 0 Å². The molecule has 0 aliphatic heterocycles. The van der Waals surface area contributed by atoms with Gasteiger partial charge in [0, 0.05) is 29.8 Å². The minimum absolute atomic E-state index is 0.0868. The number of fused-ring (bicyclic) bond motifs is 1. The first kappa shape index (κ1) is 27.7. The summed E-state index contributed by atoms with van der Waals surface area (Å²) < 4.78 is 1.39. The first-order valence-electron chi connectivity index (χ1n) is 13.5. The number of phenols is 1. The standard InChI is InChI=1S/C31H26Cl2N6O3/c32-22-12-9-18(13-23(22)33)16-35-31(42)39-28(19-5-1-2-6-19)15-26(38-39)21-11-10-20(14-29(21)40)36-30(41)27-17-34-24-7-3-4-8-25(24)37-27/h3-4,7-15,17,19,40H,1-2,5-6,16H2,(H,35,42)(H,36,41). The van der Waals surface area contributed by atoms with Gasteiger partial charge in [-0.05, 0) is 60.9 Å². The van der Waals surface area contributed by atoms with Crippen LogP contribution >= 0.6 is 23.2 Å². The highest BCUT2D eigenvalue weighted by Crippen LogP contribution is 2.38. The number of anilines is 1. The second kappa shape index (κ2) is 11.8. The third kappa shape index (κ3) is 5.79. The van der Waals surface area contributed by atoms with Crippen LogP contribution in [0, 0.1) is 0 Å². The molecule has 0 unspecified atom stereocenters. The van der Waals surface area contributed by atoms with E-state index in [2.05, 4.69) is 25.7 Å². The van der Waals surface area contributed by atoms with E-state index < -0.39 is 5.91 Å². The Morgan fingerprint density at radius 2 is 1.74 bits per heavy atom. The lowest BCUT2D eigenvalue weighted by atomic mass is 10.0. The predicted molar refractivity (Wildman–Crippen MR) is 162 cm³/mol. The highest BCUT2D eigenvalue weighted by Gasteiger charge is 2.26. The molecule has 212 valence electrons. The molecule has 6 rings (SSSR count). The van der Waals surface area contributed by atoms with E-state index in [4.69, 9.17) is 23.2 Å². The van der Waals surface area contributed by atoms with Gasteiger partial charge in [-0.15, -0.1) is 0 Å². The van der Waals surface area contributed by atoms with Crippen molar-refractivity contribution in [2.45, 2.75) is 38.1 Å². The molecule has 2 amide bonds. The SMILES string of the molecule is O=C(Nc1ccc(-c2cc(C3CCCC3)n(C(=O)NCc3ccc(Cl)c(Cl)c3)n2)c(O)c1)c1cnc2ccccc2n1. The molecule has 5 aromatic rings.